The highest BCUT2D eigenvalue weighted by Crippen LogP contribution is 2.16. The van der Waals surface area contributed by atoms with E-state index in [1.165, 1.54) is 12.3 Å². The molecule has 2 aromatic rings. The molecule has 0 fully saturated rings. The van der Waals surface area contributed by atoms with Gasteiger partial charge in [-0.2, -0.15) is 0 Å². The molecule has 0 unspecified atom stereocenters. The number of nitrogens with one attached hydrogen (secondary N) is 1. The Morgan fingerprint density at radius 3 is 2.89 bits per heavy atom. The zero-order chi connectivity index (χ0) is 14.0. The van der Waals surface area contributed by atoms with E-state index in [9.17, 15) is 9.18 Å². The van der Waals surface area contributed by atoms with Gasteiger partial charge < -0.3 is 10.4 Å². The Morgan fingerprint density at radius 2 is 2.21 bits per heavy atom. The summed E-state index contributed by atoms with van der Waals surface area (Å²) in [4.78, 5) is 16.0. The Bertz CT molecular complexity index is 626. The first-order valence-corrected chi connectivity index (χ1v) is 5.90. The van der Waals surface area contributed by atoms with Crippen LogP contribution in [0, 0.1) is 5.82 Å². The predicted molar refractivity (Wildman–Crippen MR) is 70.3 cm³/mol. The van der Waals surface area contributed by atoms with Crippen LogP contribution in [0.4, 0.5) is 4.39 Å². The Hall–Kier alpha value is -2.01. The second-order valence-electron chi connectivity index (χ2n) is 5.03. The van der Waals surface area contributed by atoms with Gasteiger partial charge in [0.15, 0.2) is 0 Å². The van der Waals surface area contributed by atoms with Crippen molar-refractivity contribution in [2.24, 2.45) is 0 Å². The maximum absolute atomic E-state index is 13.4. The molecule has 0 spiro atoms. The molecule has 1 amide bonds. The van der Waals surface area contributed by atoms with Crippen molar-refractivity contribution in [1.29, 1.82) is 0 Å². The summed E-state index contributed by atoms with van der Waals surface area (Å²) in [6.07, 6.45) is 1.33. The summed E-state index contributed by atoms with van der Waals surface area (Å²) in [5.74, 6) is -0.766. The summed E-state index contributed by atoms with van der Waals surface area (Å²) in [6.45, 7) is 3.24. The number of benzene rings is 1. The summed E-state index contributed by atoms with van der Waals surface area (Å²) in [6, 6.07) is 6.16. The number of rotatable bonds is 3. The third-order valence-corrected chi connectivity index (χ3v) is 2.77. The van der Waals surface area contributed by atoms with E-state index in [-0.39, 0.29) is 18.0 Å². The van der Waals surface area contributed by atoms with E-state index in [1.54, 1.807) is 32.0 Å². The summed E-state index contributed by atoms with van der Waals surface area (Å²) in [7, 11) is 0. The van der Waals surface area contributed by atoms with Gasteiger partial charge >= 0.3 is 0 Å². The van der Waals surface area contributed by atoms with Crippen LogP contribution in [0.2, 0.25) is 0 Å². The summed E-state index contributed by atoms with van der Waals surface area (Å²) < 4.78 is 13.4. The number of aliphatic hydroxyl groups is 1. The number of amides is 1. The van der Waals surface area contributed by atoms with E-state index in [2.05, 4.69) is 10.3 Å². The summed E-state index contributed by atoms with van der Waals surface area (Å²) in [5, 5.41) is 12.4. The fourth-order valence-electron chi connectivity index (χ4n) is 1.67. The van der Waals surface area contributed by atoms with Crippen LogP contribution in [0.5, 0.6) is 0 Å². The number of carbonyl (C=O) groups is 1. The van der Waals surface area contributed by atoms with Crippen molar-refractivity contribution in [3.63, 3.8) is 0 Å². The zero-order valence-electron chi connectivity index (χ0n) is 10.8. The van der Waals surface area contributed by atoms with Gasteiger partial charge in [0.25, 0.3) is 5.91 Å². The normalized spacial score (nSPS) is 11.6. The van der Waals surface area contributed by atoms with Gasteiger partial charge in [0.1, 0.15) is 11.3 Å². The van der Waals surface area contributed by atoms with E-state index < -0.39 is 11.4 Å². The van der Waals surface area contributed by atoms with Crippen LogP contribution >= 0.6 is 0 Å². The molecule has 0 saturated heterocycles. The molecule has 2 N–H and O–H groups in total. The van der Waals surface area contributed by atoms with Crippen molar-refractivity contribution in [2.45, 2.75) is 19.4 Å². The third-order valence-electron chi connectivity index (χ3n) is 2.77. The predicted octanol–water partition coefficient (Wildman–Crippen LogP) is 1.87. The van der Waals surface area contributed by atoms with Gasteiger partial charge in [-0.15, -0.1) is 0 Å². The molecule has 0 saturated carbocycles. The molecule has 1 aromatic heterocycles. The number of pyridine rings is 1. The molecule has 0 bridgehead atoms. The lowest BCUT2D eigenvalue weighted by Crippen LogP contribution is -2.46. The molecule has 19 heavy (non-hydrogen) atoms. The van der Waals surface area contributed by atoms with Crippen LogP contribution in [0.15, 0.2) is 30.5 Å². The van der Waals surface area contributed by atoms with E-state index >= 15 is 0 Å². The van der Waals surface area contributed by atoms with Gasteiger partial charge in [0.2, 0.25) is 0 Å². The van der Waals surface area contributed by atoms with E-state index in [4.69, 9.17) is 5.11 Å². The average Bonchev–Trinajstić information content (AvgIpc) is 2.38. The lowest BCUT2D eigenvalue weighted by Gasteiger charge is -2.23. The molecule has 0 aliphatic heterocycles. The highest BCUT2D eigenvalue weighted by atomic mass is 19.1. The number of aromatic nitrogens is 1. The second-order valence-corrected chi connectivity index (χ2v) is 5.03. The molecule has 5 heteroatoms. The molecular formula is C14H15FN2O2. The van der Waals surface area contributed by atoms with Crippen LogP contribution in [0.25, 0.3) is 10.9 Å². The standard InChI is InChI=1S/C14H15FN2O2/c1-14(2,8-18)17-13(19)10-6-9-4-3-5-11(15)12(9)16-7-10/h3-7,18H,8H2,1-2H3,(H,17,19). The molecule has 2 rings (SSSR count). The second kappa shape index (κ2) is 4.93. The fraction of sp³-hybridized carbons (Fsp3) is 0.286. The molecular weight excluding hydrogens is 247 g/mol. The monoisotopic (exact) mass is 262 g/mol. The highest BCUT2D eigenvalue weighted by molar-refractivity contribution is 5.97. The Kier molecular flexibility index (Phi) is 3.48. The van der Waals surface area contributed by atoms with Crippen molar-refractivity contribution >= 4 is 16.8 Å². The van der Waals surface area contributed by atoms with Crippen LogP contribution in [0.3, 0.4) is 0 Å². The van der Waals surface area contributed by atoms with Crippen LogP contribution in [0.1, 0.15) is 24.2 Å². The molecule has 1 heterocycles. The smallest absolute Gasteiger partial charge is 0.253 e. The Morgan fingerprint density at radius 1 is 1.47 bits per heavy atom. The first-order chi connectivity index (χ1) is 8.93. The zero-order valence-corrected chi connectivity index (χ0v) is 10.8. The minimum atomic E-state index is -0.714. The van der Waals surface area contributed by atoms with Crippen LogP contribution in [-0.4, -0.2) is 28.1 Å². The maximum atomic E-state index is 13.4. The maximum Gasteiger partial charge on any atom is 0.253 e. The fourth-order valence-corrected chi connectivity index (χ4v) is 1.67. The van der Waals surface area contributed by atoms with Crippen LogP contribution < -0.4 is 5.32 Å². The van der Waals surface area contributed by atoms with Crippen molar-refractivity contribution in [3.8, 4) is 0 Å². The number of nitrogens with zero attached hydrogens (tertiary/aromatic N) is 1. The van der Waals surface area contributed by atoms with Crippen molar-refractivity contribution in [2.75, 3.05) is 6.61 Å². The first-order valence-electron chi connectivity index (χ1n) is 5.90. The number of para-hydroxylation sites is 1. The Balaban J connectivity index is 2.34. The molecule has 4 nitrogen and oxygen atoms in total. The minimum absolute atomic E-state index is 0.172. The van der Waals surface area contributed by atoms with Crippen molar-refractivity contribution in [3.05, 3.63) is 41.8 Å². The van der Waals surface area contributed by atoms with Gasteiger partial charge in [0, 0.05) is 11.6 Å². The minimum Gasteiger partial charge on any atom is -0.394 e. The van der Waals surface area contributed by atoms with Gasteiger partial charge in [-0.3, -0.25) is 9.78 Å². The summed E-state index contributed by atoms with van der Waals surface area (Å²) >= 11 is 0. The van der Waals surface area contributed by atoms with Gasteiger partial charge in [-0.05, 0) is 26.0 Å². The number of hydrogen-bond donors (Lipinski definition) is 2. The van der Waals surface area contributed by atoms with E-state index in [1.807, 2.05) is 0 Å². The average molecular weight is 262 g/mol. The quantitative estimate of drug-likeness (QED) is 0.887. The molecule has 100 valence electrons. The molecule has 0 aliphatic rings. The number of hydrogen-bond acceptors (Lipinski definition) is 3. The van der Waals surface area contributed by atoms with E-state index in [0.29, 0.717) is 10.9 Å². The first kappa shape index (κ1) is 13.4. The molecule has 1 aromatic carbocycles. The SMILES string of the molecule is CC(C)(CO)NC(=O)c1cnc2c(F)cccc2c1. The number of carbonyl (C=O) groups excluding carboxylic acids is 1. The molecule has 0 atom stereocenters. The topological polar surface area (TPSA) is 62.2 Å². The van der Waals surface area contributed by atoms with E-state index in [0.717, 1.165) is 0 Å². The Labute approximate surface area is 110 Å². The summed E-state index contributed by atoms with van der Waals surface area (Å²) in [5.41, 5.74) is -0.145. The third kappa shape index (κ3) is 2.88. The van der Waals surface area contributed by atoms with Gasteiger partial charge in [0.05, 0.1) is 17.7 Å². The molecule has 0 aliphatic carbocycles. The lowest BCUT2D eigenvalue weighted by molar-refractivity contribution is 0.0869. The van der Waals surface area contributed by atoms with Gasteiger partial charge in [-0.1, -0.05) is 12.1 Å². The van der Waals surface area contributed by atoms with Crippen LogP contribution in [-0.2, 0) is 0 Å². The number of aliphatic hydroxyl groups excluding tert-OH is 1. The molecule has 0 radical (unpaired) electrons. The van der Waals surface area contributed by atoms with Crippen molar-refractivity contribution < 1.29 is 14.3 Å². The highest BCUT2D eigenvalue weighted by Gasteiger charge is 2.20. The number of fused-ring (bicyclic) bond motifs is 1. The van der Waals surface area contributed by atoms with Crippen molar-refractivity contribution in [1.82, 2.24) is 10.3 Å². The lowest BCUT2D eigenvalue weighted by atomic mass is 10.1. The largest absolute Gasteiger partial charge is 0.394 e. The number of halogens is 1. The van der Waals surface area contributed by atoms with Gasteiger partial charge in [-0.25, -0.2) is 4.39 Å².